The number of allylic oxidation sites excluding steroid dienone is 1. The van der Waals surface area contributed by atoms with Crippen molar-refractivity contribution in [2.45, 2.75) is 42.8 Å². The van der Waals surface area contributed by atoms with Gasteiger partial charge >= 0.3 is 18.5 Å². The number of benzene rings is 2. The number of nitrogens with zero attached hydrogens (tertiary/aromatic N) is 1. The number of carbonyl (C=O) groups is 2. The molecule has 1 aliphatic rings. The summed E-state index contributed by atoms with van der Waals surface area (Å²) in [5.41, 5.74) is -6.11. The highest BCUT2D eigenvalue weighted by molar-refractivity contribution is 9.10. The highest BCUT2D eigenvalue weighted by atomic mass is 79.9. The number of alkyl halides is 9. The van der Waals surface area contributed by atoms with Crippen LogP contribution in [0.4, 0.5) is 43.9 Å². The molecule has 1 atom stereocenters. The summed E-state index contributed by atoms with van der Waals surface area (Å²) in [7, 11) is 0.810. The maximum atomic E-state index is 15.0. The van der Waals surface area contributed by atoms with Gasteiger partial charge < -0.3 is 10.2 Å². The van der Waals surface area contributed by atoms with Crippen molar-refractivity contribution in [1.29, 1.82) is 0 Å². The van der Waals surface area contributed by atoms with Crippen LogP contribution in [-0.4, -0.2) is 48.2 Å². The molecule has 3 rings (SSSR count). The first-order valence-electron chi connectivity index (χ1n) is 11.4. The van der Waals surface area contributed by atoms with Gasteiger partial charge in [-0.05, 0) is 64.7 Å². The fraction of sp³-hybridized carbons (Fsp3) is 0.360. The van der Waals surface area contributed by atoms with Crippen molar-refractivity contribution in [1.82, 2.24) is 10.2 Å². The average Bonchev–Trinajstić information content (AvgIpc) is 3.61. The molecule has 1 saturated carbocycles. The van der Waals surface area contributed by atoms with E-state index in [1.807, 2.05) is 5.32 Å². The molecule has 0 aromatic heterocycles. The van der Waals surface area contributed by atoms with Gasteiger partial charge in [0.1, 0.15) is 23.8 Å². The number of rotatable bonds is 7. The van der Waals surface area contributed by atoms with Crippen LogP contribution in [0.15, 0.2) is 46.9 Å². The molecule has 0 aliphatic heterocycles. The highest BCUT2D eigenvalue weighted by Gasteiger charge is 2.54. The predicted molar refractivity (Wildman–Crippen MR) is 132 cm³/mol. The lowest BCUT2D eigenvalue weighted by atomic mass is 9.95. The van der Waals surface area contributed by atoms with E-state index in [9.17, 15) is 49.1 Å². The Kier molecular flexibility index (Phi) is 9.14. The number of amides is 2. The third-order valence-electron chi connectivity index (χ3n) is 6.09. The van der Waals surface area contributed by atoms with E-state index in [0.717, 1.165) is 25.2 Å². The molecule has 0 saturated heterocycles. The molecule has 1 N–H and O–H groups in total. The summed E-state index contributed by atoms with van der Waals surface area (Å²) in [6, 6.07) is 4.31. The number of likely N-dealkylation sites (N-methyl/N-ethyl adjacent to an activating group) is 1. The Morgan fingerprint density at radius 2 is 1.66 bits per heavy atom. The molecule has 2 amide bonds. The van der Waals surface area contributed by atoms with Crippen LogP contribution >= 0.6 is 27.5 Å². The minimum absolute atomic E-state index is 0.0597. The number of carbonyl (C=O) groups excluding carboxylic acids is 2. The van der Waals surface area contributed by atoms with Crippen molar-refractivity contribution in [3.63, 3.8) is 0 Å². The normalized spacial score (nSPS) is 16.3. The number of nitrogens with one attached hydrogen (secondary N) is 1. The quantitative estimate of drug-likeness (QED) is 0.301. The first-order chi connectivity index (χ1) is 18.6. The van der Waals surface area contributed by atoms with Gasteiger partial charge in [0.2, 0.25) is 5.91 Å². The second kappa shape index (κ2) is 11.5. The Morgan fingerprint density at radius 1 is 1.05 bits per heavy atom. The molecule has 16 heteroatoms. The third-order valence-corrected chi connectivity index (χ3v) is 7.30. The maximum absolute atomic E-state index is 15.0. The van der Waals surface area contributed by atoms with Crippen molar-refractivity contribution >= 4 is 45.2 Å². The lowest BCUT2D eigenvalue weighted by Gasteiger charge is -2.25. The predicted octanol–water partition coefficient (Wildman–Crippen LogP) is 8.06. The summed E-state index contributed by atoms with van der Waals surface area (Å²) in [5, 5.41) is 2.08. The second-order valence-corrected chi connectivity index (χ2v) is 10.5. The van der Waals surface area contributed by atoms with Gasteiger partial charge in [0, 0.05) is 17.1 Å². The lowest BCUT2D eigenvalue weighted by Crippen LogP contribution is -2.51. The summed E-state index contributed by atoms with van der Waals surface area (Å²) in [6.07, 6.45) is -15.3. The SMILES string of the molecule is CN(CC(F)(F)F)C(=O)C1(NC(=O)c2ccc(/C(F)=C/C(c3ccc(Cl)c(Br)c3)C(F)(F)F)cc2C(F)(F)F)CC1. The van der Waals surface area contributed by atoms with Gasteiger partial charge in [-0.15, -0.1) is 0 Å². The zero-order valence-electron chi connectivity index (χ0n) is 20.5. The van der Waals surface area contributed by atoms with E-state index >= 15 is 4.39 Å². The standard InChI is InChI=1S/C25H18BrClF10N2O2/c1-39(11-23(29,30)31)21(41)22(6-7-22)38-20(40)14-4-2-13(8-16(14)25(35,36)37)19(28)10-15(24(32,33)34)12-3-5-18(27)17(26)9-12/h2-5,8-10,15H,6-7,11H2,1H3,(H,38,40)/b19-10-. The van der Waals surface area contributed by atoms with Crippen molar-refractivity contribution in [3.05, 3.63) is 74.2 Å². The van der Waals surface area contributed by atoms with E-state index in [1.165, 1.54) is 0 Å². The summed E-state index contributed by atoms with van der Waals surface area (Å²) in [5.74, 6) is -6.92. The van der Waals surface area contributed by atoms with Crippen LogP contribution in [0.25, 0.3) is 5.83 Å². The second-order valence-electron chi connectivity index (χ2n) is 9.28. The molecule has 0 bridgehead atoms. The van der Waals surface area contributed by atoms with E-state index < -0.39 is 76.4 Å². The fourth-order valence-electron chi connectivity index (χ4n) is 3.96. The molecule has 224 valence electrons. The zero-order valence-corrected chi connectivity index (χ0v) is 22.9. The van der Waals surface area contributed by atoms with E-state index in [4.69, 9.17) is 11.6 Å². The van der Waals surface area contributed by atoms with Gasteiger partial charge in [0.25, 0.3) is 5.91 Å². The Morgan fingerprint density at radius 3 is 2.15 bits per heavy atom. The zero-order chi connectivity index (χ0) is 31.1. The van der Waals surface area contributed by atoms with Crippen molar-refractivity contribution in [2.24, 2.45) is 0 Å². The number of hydrogen-bond acceptors (Lipinski definition) is 2. The van der Waals surface area contributed by atoms with Crippen LogP contribution in [-0.2, 0) is 11.0 Å². The summed E-state index contributed by atoms with van der Waals surface area (Å²) in [6.45, 7) is -1.66. The molecule has 2 aromatic rings. The van der Waals surface area contributed by atoms with Crippen molar-refractivity contribution in [3.8, 4) is 0 Å². The fourth-order valence-corrected chi connectivity index (χ4v) is 4.48. The Balaban J connectivity index is 1.95. The lowest BCUT2D eigenvalue weighted by molar-refractivity contribution is -0.160. The monoisotopic (exact) mass is 682 g/mol. The van der Waals surface area contributed by atoms with Crippen LogP contribution in [0, 0.1) is 0 Å². The largest absolute Gasteiger partial charge is 0.417 e. The molecular formula is C25H18BrClF10N2O2. The minimum Gasteiger partial charge on any atom is -0.338 e. The first-order valence-corrected chi connectivity index (χ1v) is 12.6. The molecule has 0 heterocycles. The maximum Gasteiger partial charge on any atom is 0.417 e. The van der Waals surface area contributed by atoms with Crippen molar-refractivity contribution < 1.29 is 53.5 Å². The molecular weight excluding hydrogens is 666 g/mol. The van der Waals surface area contributed by atoms with E-state index in [2.05, 4.69) is 15.9 Å². The third kappa shape index (κ3) is 7.93. The minimum atomic E-state index is -5.30. The van der Waals surface area contributed by atoms with Crippen LogP contribution in [0.3, 0.4) is 0 Å². The van der Waals surface area contributed by atoms with Gasteiger partial charge in [0.15, 0.2) is 0 Å². The molecule has 1 aliphatic carbocycles. The highest BCUT2D eigenvalue weighted by Crippen LogP contribution is 2.42. The Hall–Kier alpha value is -2.81. The Labute approximate surface area is 239 Å². The molecule has 1 unspecified atom stereocenters. The molecule has 4 nitrogen and oxygen atoms in total. The average molecular weight is 684 g/mol. The van der Waals surface area contributed by atoms with Crippen molar-refractivity contribution in [2.75, 3.05) is 13.6 Å². The molecule has 2 aromatic carbocycles. The van der Waals surface area contributed by atoms with Crippen LogP contribution in [0.2, 0.25) is 5.02 Å². The van der Waals surface area contributed by atoms with Gasteiger partial charge in [-0.25, -0.2) is 4.39 Å². The summed E-state index contributed by atoms with van der Waals surface area (Å²) >= 11 is 8.73. The Bertz CT molecular complexity index is 1370. The van der Waals surface area contributed by atoms with E-state index in [0.29, 0.717) is 12.1 Å². The van der Waals surface area contributed by atoms with Crippen LogP contribution in [0.5, 0.6) is 0 Å². The van der Waals surface area contributed by atoms with E-state index in [1.54, 1.807) is 0 Å². The topological polar surface area (TPSA) is 49.4 Å². The van der Waals surface area contributed by atoms with Gasteiger partial charge in [-0.1, -0.05) is 23.7 Å². The first kappa shape index (κ1) is 32.7. The summed E-state index contributed by atoms with van der Waals surface area (Å²) < 4.78 is 136. The molecule has 1 fully saturated rings. The molecule has 41 heavy (non-hydrogen) atoms. The van der Waals surface area contributed by atoms with Gasteiger partial charge in [-0.2, -0.15) is 39.5 Å². The van der Waals surface area contributed by atoms with E-state index in [-0.39, 0.29) is 39.4 Å². The van der Waals surface area contributed by atoms with Gasteiger partial charge in [0.05, 0.1) is 16.1 Å². The number of hydrogen-bond donors (Lipinski definition) is 1. The summed E-state index contributed by atoms with van der Waals surface area (Å²) in [4.78, 5) is 25.5. The van der Waals surface area contributed by atoms with Crippen LogP contribution in [0.1, 0.15) is 45.8 Å². The number of halogens is 12. The molecule has 0 radical (unpaired) electrons. The van der Waals surface area contributed by atoms with Gasteiger partial charge in [-0.3, -0.25) is 9.59 Å². The van der Waals surface area contributed by atoms with Crippen LogP contribution < -0.4 is 5.32 Å². The smallest absolute Gasteiger partial charge is 0.338 e. The molecule has 0 spiro atoms.